The zero-order valence-electron chi connectivity index (χ0n) is 18.7. The fourth-order valence-corrected chi connectivity index (χ4v) is 4.30. The molecule has 0 radical (unpaired) electrons. The number of anilines is 1. The van der Waals surface area contributed by atoms with Crippen LogP contribution in [0, 0.1) is 0 Å². The van der Waals surface area contributed by atoms with Gasteiger partial charge in [-0.1, -0.05) is 25.1 Å². The third-order valence-electron chi connectivity index (χ3n) is 5.79. The van der Waals surface area contributed by atoms with Gasteiger partial charge < -0.3 is 20.7 Å². The van der Waals surface area contributed by atoms with Gasteiger partial charge in [-0.25, -0.2) is 0 Å². The van der Waals surface area contributed by atoms with Crippen LogP contribution in [0.3, 0.4) is 0 Å². The molecule has 0 aliphatic carbocycles. The summed E-state index contributed by atoms with van der Waals surface area (Å²) in [6.45, 7) is 9.24. The standard InChI is InChI=1S/C24H34N4O2/c1-6-24(4)15-19(14-23(2,3)28-24)26-22(29)18-12-10-17(11-13-18)16-30-21-9-7-8-20(25-5)27-21/h7-13,19,28H,6,14-16H2,1-5H3,(H,25,27)(H,26,29). The predicted octanol–water partition coefficient (Wildman–Crippen LogP) is 4.13. The summed E-state index contributed by atoms with van der Waals surface area (Å²) in [7, 11) is 1.82. The molecule has 3 rings (SSSR count). The molecular weight excluding hydrogens is 376 g/mol. The topological polar surface area (TPSA) is 75.3 Å². The average molecular weight is 411 g/mol. The smallest absolute Gasteiger partial charge is 0.251 e. The molecule has 1 aromatic carbocycles. The van der Waals surface area contributed by atoms with Gasteiger partial charge in [-0.05, 0) is 63.8 Å². The lowest BCUT2D eigenvalue weighted by molar-refractivity contribution is 0.0854. The molecule has 30 heavy (non-hydrogen) atoms. The lowest BCUT2D eigenvalue weighted by Crippen LogP contribution is -2.63. The van der Waals surface area contributed by atoms with Gasteiger partial charge in [0.2, 0.25) is 5.88 Å². The maximum Gasteiger partial charge on any atom is 0.251 e. The van der Waals surface area contributed by atoms with E-state index in [-0.39, 0.29) is 23.0 Å². The third kappa shape index (κ3) is 5.72. The summed E-state index contributed by atoms with van der Waals surface area (Å²) in [6, 6.07) is 13.3. The Kier molecular flexibility index (Phi) is 6.66. The number of amides is 1. The Labute approximate surface area is 179 Å². The number of ether oxygens (including phenoxy) is 1. The first kappa shape index (κ1) is 22.1. The van der Waals surface area contributed by atoms with Crippen LogP contribution in [0.25, 0.3) is 0 Å². The number of hydrogen-bond donors (Lipinski definition) is 3. The number of nitrogens with one attached hydrogen (secondary N) is 3. The van der Waals surface area contributed by atoms with Crippen molar-refractivity contribution < 1.29 is 9.53 Å². The van der Waals surface area contributed by atoms with Crippen molar-refractivity contribution in [1.82, 2.24) is 15.6 Å². The molecule has 1 aromatic heterocycles. The highest BCUT2D eigenvalue weighted by Gasteiger charge is 2.39. The van der Waals surface area contributed by atoms with E-state index in [2.05, 4.69) is 48.6 Å². The minimum atomic E-state index is -0.0213. The molecule has 162 valence electrons. The van der Waals surface area contributed by atoms with Crippen LogP contribution in [-0.4, -0.2) is 35.1 Å². The summed E-state index contributed by atoms with van der Waals surface area (Å²) in [4.78, 5) is 17.1. The molecule has 0 spiro atoms. The second kappa shape index (κ2) is 9.04. The average Bonchev–Trinajstić information content (AvgIpc) is 2.71. The van der Waals surface area contributed by atoms with Crippen molar-refractivity contribution in [3.63, 3.8) is 0 Å². The largest absolute Gasteiger partial charge is 0.473 e. The number of hydrogen-bond acceptors (Lipinski definition) is 5. The molecule has 2 atom stereocenters. The first-order valence-corrected chi connectivity index (χ1v) is 10.7. The molecule has 1 aliphatic rings. The molecule has 2 heterocycles. The summed E-state index contributed by atoms with van der Waals surface area (Å²) in [5, 5.41) is 9.97. The van der Waals surface area contributed by atoms with Gasteiger partial charge >= 0.3 is 0 Å². The number of carbonyl (C=O) groups is 1. The third-order valence-corrected chi connectivity index (χ3v) is 5.79. The van der Waals surface area contributed by atoms with E-state index in [1.165, 1.54) is 0 Å². The molecule has 0 bridgehead atoms. The van der Waals surface area contributed by atoms with E-state index in [4.69, 9.17) is 4.74 Å². The van der Waals surface area contributed by atoms with Gasteiger partial charge in [0.25, 0.3) is 5.91 Å². The number of rotatable bonds is 7. The molecule has 1 amide bonds. The van der Waals surface area contributed by atoms with Gasteiger partial charge in [-0.3, -0.25) is 4.79 Å². The minimum Gasteiger partial charge on any atom is -0.473 e. The van der Waals surface area contributed by atoms with Gasteiger partial charge in [-0.15, -0.1) is 0 Å². The molecular formula is C24H34N4O2. The van der Waals surface area contributed by atoms with Crippen molar-refractivity contribution in [3.05, 3.63) is 53.6 Å². The van der Waals surface area contributed by atoms with Crippen LogP contribution < -0.4 is 20.7 Å². The number of carbonyl (C=O) groups excluding carboxylic acids is 1. The Bertz CT molecular complexity index is 866. The second-order valence-electron chi connectivity index (χ2n) is 9.10. The molecule has 6 heteroatoms. The van der Waals surface area contributed by atoms with Crippen LogP contribution in [0.15, 0.2) is 42.5 Å². The summed E-state index contributed by atoms with van der Waals surface area (Å²) in [5.41, 5.74) is 1.70. The number of pyridine rings is 1. The fraction of sp³-hybridized carbons (Fsp3) is 0.500. The molecule has 0 saturated carbocycles. The van der Waals surface area contributed by atoms with Crippen molar-refractivity contribution in [2.24, 2.45) is 0 Å². The Morgan fingerprint density at radius 2 is 1.90 bits per heavy atom. The molecule has 2 aromatic rings. The van der Waals surface area contributed by atoms with E-state index in [1.807, 2.05) is 49.5 Å². The summed E-state index contributed by atoms with van der Waals surface area (Å²) in [5.74, 6) is 1.31. The summed E-state index contributed by atoms with van der Waals surface area (Å²) >= 11 is 0. The van der Waals surface area contributed by atoms with E-state index < -0.39 is 0 Å². The Morgan fingerprint density at radius 1 is 1.17 bits per heavy atom. The zero-order chi connectivity index (χ0) is 21.8. The van der Waals surface area contributed by atoms with Gasteiger partial charge in [0.05, 0.1) is 0 Å². The van der Waals surface area contributed by atoms with Gasteiger partial charge in [-0.2, -0.15) is 4.98 Å². The number of benzene rings is 1. The quantitative estimate of drug-likeness (QED) is 0.640. The van der Waals surface area contributed by atoms with E-state index in [1.54, 1.807) is 0 Å². The Hall–Kier alpha value is -2.60. The number of piperidine rings is 1. The van der Waals surface area contributed by atoms with E-state index in [0.29, 0.717) is 18.1 Å². The Balaban J connectivity index is 1.58. The van der Waals surface area contributed by atoms with Crippen LogP contribution >= 0.6 is 0 Å². The van der Waals surface area contributed by atoms with E-state index in [9.17, 15) is 4.79 Å². The molecule has 3 N–H and O–H groups in total. The molecule has 1 saturated heterocycles. The highest BCUT2D eigenvalue weighted by molar-refractivity contribution is 5.94. The number of nitrogens with zero attached hydrogens (tertiary/aromatic N) is 1. The molecule has 2 unspecified atom stereocenters. The van der Waals surface area contributed by atoms with Crippen LogP contribution in [0.4, 0.5) is 5.82 Å². The minimum absolute atomic E-state index is 0.000782. The van der Waals surface area contributed by atoms with Crippen LogP contribution in [0.2, 0.25) is 0 Å². The van der Waals surface area contributed by atoms with Crippen molar-refractivity contribution in [1.29, 1.82) is 0 Å². The van der Waals surface area contributed by atoms with Crippen LogP contribution in [-0.2, 0) is 6.61 Å². The maximum absolute atomic E-state index is 12.8. The summed E-state index contributed by atoms with van der Waals surface area (Å²) in [6.07, 6.45) is 2.88. The second-order valence-corrected chi connectivity index (χ2v) is 9.10. The SMILES string of the molecule is CCC1(C)CC(NC(=O)c2ccc(COc3cccc(NC)n3)cc2)CC(C)(C)N1. The fourth-order valence-electron chi connectivity index (χ4n) is 4.30. The number of aromatic nitrogens is 1. The maximum atomic E-state index is 12.8. The molecule has 6 nitrogen and oxygen atoms in total. The van der Waals surface area contributed by atoms with Gasteiger partial charge in [0.15, 0.2) is 0 Å². The van der Waals surface area contributed by atoms with Gasteiger partial charge in [0, 0.05) is 35.8 Å². The molecule has 1 aliphatic heterocycles. The monoisotopic (exact) mass is 410 g/mol. The van der Waals surface area contributed by atoms with Crippen LogP contribution in [0.5, 0.6) is 5.88 Å². The highest BCUT2D eigenvalue weighted by atomic mass is 16.5. The lowest BCUT2D eigenvalue weighted by Gasteiger charge is -2.48. The van der Waals surface area contributed by atoms with Crippen molar-refractivity contribution >= 4 is 11.7 Å². The first-order chi connectivity index (χ1) is 14.2. The van der Waals surface area contributed by atoms with E-state index in [0.717, 1.165) is 30.6 Å². The highest BCUT2D eigenvalue weighted by Crippen LogP contribution is 2.31. The molecule has 1 fully saturated rings. The van der Waals surface area contributed by atoms with Crippen molar-refractivity contribution in [2.45, 2.75) is 70.7 Å². The van der Waals surface area contributed by atoms with Gasteiger partial charge in [0.1, 0.15) is 12.4 Å². The van der Waals surface area contributed by atoms with E-state index >= 15 is 0 Å². The zero-order valence-corrected chi connectivity index (χ0v) is 18.7. The lowest BCUT2D eigenvalue weighted by atomic mass is 9.77. The predicted molar refractivity (Wildman–Crippen MR) is 121 cm³/mol. The van der Waals surface area contributed by atoms with Crippen LogP contribution in [0.1, 0.15) is 62.9 Å². The normalized spacial score (nSPS) is 22.9. The van der Waals surface area contributed by atoms with Crippen molar-refractivity contribution in [3.8, 4) is 5.88 Å². The summed E-state index contributed by atoms with van der Waals surface area (Å²) < 4.78 is 5.76. The first-order valence-electron chi connectivity index (χ1n) is 10.7. The van der Waals surface area contributed by atoms with Crippen molar-refractivity contribution in [2.75, 3.05) is 12.4 Å². The Morgan fingerprint density at radius 3 is 2.57 bits per heavy atom.